The van der Waals surface area contributed by atoms with Crippen molar-refractivity contribution < 1.29 is 8.83 Å². The van der Waals surface area contributed by atoms with Crippen LogP contribution in [-0.4, -0.2) is 0 Å². The number of anilines is 3. The van der Waals surface area contributed by atoms with Crippen LogP contribution in [0.2, 0.25) is 0 Å². The molecule has 0 aliphatic rings. The lowest BCUT2D eigenvalue weighted by molar-refractivity contribution is 0.669. The second-order valence-electron chi connectivity index (χ2n) is 12.5. The zero-order chi connectivity index (χ0) is 32.3. The van der Waals surface area contributed by atoms with Crippen molar-refractivity contribution >= 4 is 71.7 Å². The van der Waals surface area contributed by atoms with Gasteiger partial charge in [0, 0.05) is 16.5 Å². The highest BCUT2D eigenvalue weighted by Crippen LogP contribution is 2.47. The standard InChI is InChI=1S/C46H29NO2/c1-2-10-30(11-3-1)35-24-27-42-38(29-35)46-40(16-9-19-44(46)49-42)47(39-15-8-18-43-45(39)37-14-6-7-17-41(37)48-43)36-25-22-32(23-26-36)34-21-20-31-12-4-5-13-33(31)28-34/h1-29H. The summed E-state index contributed by atoms with van der Waals surface area (Å²) in [6.07, 6.45) is 0. The topological polar surface area (TPSA) is 29.5 Å². The van der Waals surface area contributed by atoms with Gasteiger partial charge in [-0.3, -0.25) is 0 Å². The first kappa shape index (κ1) is 27.5. The van der Waals surface area contributed by atoms with Crippen molar-refractivity contribution in [3.63, 3.8) is 0 Å². The third-order valence-corrected chi connectivity index (χ3v) is 9.65. The second kappa shape index (κ2) is 11.0. The molecule has 0 unspecified atom stereocenters. The number of nitrogens with zero attached hydrogens (tertiary/aromatic N) is 1. The lowest BCUT2D eigenvalue weighted by Crippen LogP contribution is -2.10. The van der Waals surface area contributed by atoms with Crippen LogP contribution in [-0.2, 0) is 0 Å². The summed E-state index contributed by atoms with van der Waals surface area (Å²) in [5.41, 5.74) is 11.2. The Labute approximate surface area is 282 Å². The summed E-state index contributed by atoms with van der Waals surface area (Å²) in [6.45, 7) is 0. The summed E-state index contributed by atoms with van der Waals surface area (Å²) in [6, 6.07) is 62.0. The van der Waals surface area contributed by atoms with Gasteiger partial charge in [0.05, 0.1) is 22.1 Å². The molecule has 2 aromatic heterocycles. The molecule has 2 heterocycles. The van der Waals surface area contributed by atoms with E-state index >= 15 is 0 Å². The van der Waals surface area contributed by atoms with Gasteiger partial charge in [0.25, 0.3) is 0 Å². The van der Waals surface area contributed by atoms with Gasteiger partial charge in [0.15, 0.2) is 0 Å². The number of hydrogen-bond acceptors (Lipinski definition) is 3. The highest BCUT2D eigenvalue weighted by molar-refractivity contribution is 6.18. The van der Waals surface area contributed by atoms with Crippen molar-refractivity contribution in [3.8, 4) is 22.3 Å². The maximum atomic E-state index is 6.52. The molecule has 8 aromatic carbocycles. The van der Waals surface area contributed by atoms with Gasteiger partial charge in [-0.25, -0.2) is 0 Å². The molecule has 0 radical (unpaired) electrons. The summed E-state index contributed by atoms with van der Waals surface area (Å²) in [7, 11) is 0. The van der Waals surface area contributed by atoms with E-state index in [4.69, 9.17) is 8.83 Å². The lowest BCUT2D eigenvalue weighted by atomic mass is 10.00. The van der Waals surface area contributed by atoms with E-state index in [0.717, 1.165) is 66.5 Å². The quantitative estimate of drug-likeness (QED) is 0.190. The molecule has 0 amide bonds. The highest BCUT2D eigenvalue weighted by Gasteiger charge is 2.23. The average Bonchev–Trinajstić information content (AvgIpc) is 3.74. The van der Waals surface area contributed by atoms with Crippen molar-refractivity contribution in [2.75, 3.05) is 4.90 Å². The molecule has 0 bridgehead atoms. The molecule has 0 fully saturated rings. The minimum atomic E-state index is 0.847. The van der Waals surface area contributed by atoms with Gasteiger partial charge < -0.3 is 13.7 Å². The predicted octanol–water partition coefficient (Wildman–Crippen LogP) is 13.4. The SMILES string of the molecule is c1ccc(-c2ccc3oc4cccc(N(c5ccc(-c6ccc7ccccc7c6)cc5)c5cccc6oc7ccccc7c56)c4c3c2)cc1. The maximum absolute atomic E-state index is 6.52. The minimum Gasteiger partial charge on any atom is -0.456 e. The van der Waals surface area contributed by atoms with E-state index in [1.54, 1.807) is 0 Å². The van der Waals surface area contributed by atoms with Crippen molar-refractivity contribution in [2.45, 2.75) is 0 Å². The Balaban J connectivity index is 1.22. The van der Waals surface area contributed by atoms with Crippen LogP contribution in [0.5, 0.6) is 0 Å². The molecular weight excluding hydrogens is 599 g/mol. The summed E-state index contributed by atoms with van der Waals surface area (Å²) >= 11 is 0. The number of benzene rings is 8. The van der Waals surface area contributed by atoms with Crippen molar-refractivity contribution in [1.82, 2.24) is 0 Å². The van der Waals surface area contributed by atoms with Gasteiger partial charge >= 0.3 is 0 Å². The molecule has 10 aromatic rings. The van der Waals surface area contributed by atoms with E-state index in [-0.39, 0.29) is 0 Å². The molecule has 230 valence electrons. The summed E-state index contributed by atoms with van der Waals surface area (Å²) in [4.78, 5) is 2.36. The van der Waals surface area contributed by atoms with Gasteiger partial charge in [-0.05, 0) is 93.7 Å². The molecule has 49 heavy (non-hydrogen) atoms. The fraction of sp³-hybridized carbons (Fsp3) is 0. The van der Waals surface area contributed by atoms with E-state index in [1.165, 1.54) is 27.5 Å². The van der Waals surface area contributed by atoms with Gasteiger partial charge in [-0.2, -0.15) is 0 Å². The summed E-state index contributed by atoms with van der Waals surface area (Å²) < 4.78 is 12.9. The Hall–Kier alpha value is -6.58. The number of para-hydroxylation sites is 1. The smallest absolute Gasteiger partial charge is 0.137 e. The molecule has 0 aliphatic carbocycles. The molecule has 3 heteroatoms. The fourth-order valence-electron chi connectivity index (χ4n) is 7.33. The first-order chi connectivity index (χ1) is 24.3. The molecule has 10 rings (SSSR count). The Kier molecular flexibility index (Phi) is 6.18. The van der Waals surface area contributed by atoms with E-state index < -0.39 is 0 Å². The zero-order valence-corrected chi connectivity index (χ0v) is 26.5. The summed E-state index contributed by atoms with van der Waals surface area (Å²) in [5.74, 6) is 0. The van der Waals surface area contributed by atoms with Gasteiger partial charge in [0.2, 0.25) is 0 Å². The molecule has 3 nitrogen and oxygen atoms in total. The lowest BCUT2D eigenvalue weighted by Gasteiger charge is -2.27. The third-order valence-electron chi connectivity index (χ3n) is 9.65. The predicted molar refractivity (Wildman–Crippen MR) is 204 cm³/mol. The fourth-order valence-corrected chi connectivity index (χ4v) is 7.33. The first-order valence-corrected chi connectivity index (χ1v) is 16.6. The van der Waals surface area contributed by atoms with Crippen LogP contribution in [0, 0.1) is 0 Å². The van der Waals surface area contributed by atoms with E-state index in [1.807, 2.05) is 12.1 Å². The Morgan fingerprint density at radius 3 is 1.65 bits per heavy atom. The van der Waals surface area contributed by atoms with Crippen molar-refractivity contribution in [1.29, 1.82) is 0 Å². The molecule has 0 N–H and O–H groups in total. The van der Waals surface area contributed by atoms with Crippen LogP contribution < -0.4 is 4.90 Å². The molecular formula is C46H29NO2. The van der Waals surface area contributed by atoms with Crippen LogP contribution in [0.15, 0.2) is 185 Å². The third kappa shape index (κ3) is 4.51. The van der Waals surface area contributed by atoms with Crippen LogP contribution >= 0.6 is 0 Å². The Morgan fingerprint density at radius 1 is 0.327 bits per heavy atom. The highest BCUT2D eigenvalue weighted by atomic mass is 16.3. The zero-order valence-electron chi connectivity index (χ0n) is 26.5. The van der Waals surface area contributed by atoms with Crippen LogP contribution in [0.1, 0.15) is 0 Å². The summed E-state index contributed by atoms with van der Waals surface area (Å²) in [5, 5.41) is 6.78. The monoisotopic (exact) mass is 627 g/mol. The number of furan rings is 2. The number of fused-ring (bicyclic) bond motifs is 7. The minimum absolute atomic E-state index is 0.847. The molecule has 0 atom stereocenters. The maximum Gasteiger partial charge on any atom is 0.137 e. The normalized spacial score (nSPS) is 11.7. The van der Waals surface area contributed by atoms with E-state index in [9.17, 15) is 0 Å². The van der Waals surface area contributed by atoms with Gasteiger partial charge in [0.1, 0.15) is 22.3 Å². The van der Waals surface area contributed by atoms with Gasteiger partial charge in [-0.1, -0.05) is 115 Å². The van der Waals surface area contributed by atoms with E-state index in [0.29, 0.717) is 0 Å². The van der Waals surface area contributed by atoms with Crippen molar-refractivity contribution in [3.05, 3.63) is 176 Å². The van der Waals surface area contributed by atoms with Crippen LogP contribution in [0.4, 0.5) is 17.1 Å². The van der Waals surface area contributed by atoms with Crippen molar-refractivity contribution in [2.24, 2.45) is 0 Å². The molecule has 0 aliphatic heterocycles. The molecule has 0 spiro atoms. The van der Waals surface area contributed by atoms with Gasteiger partial charge in [-0.15, -0.1) is 0 Å². The Bertz CT molecular complexity index is 2830. The first-order valence-electron chi connectivity index (χ1n) is 16.6. The number of rotatable bonds is 5. The second-order valence-corrected chi connectivity index (χ2v) is 12.5. The van der Waals surface area contributed by atoms with Crippen LogP contribution in [0.25, 0.3) is 76.9 Å². The Morgan fingerprint density at radius 2 is 0.878 bits per heavy atom. The number of hydrogen-bond donors (Lipinski definition) is 0. The van der Waals surface area contributed by atoms with Crippen LogP contribution in [0.3, 0.4) is 0 Å². The molecule has 0 saturated carbocycles. The van der Waals surface area contributed by atoms with E-state index in [2.05, 4.69) is 169 Å². The molecule has 0 saturated heterocycles. The average molecular weight is 628 g/mol. The largest absolute Gasteiger partial charge is 0.456 e.